The fourth-order valence-corrected chi connectivity index (χ4v) is 4.76. The van der Waals surface area contributed by atoms with Crippen LogP contribution in [0.25, 0.3) is 0 Å². The molecule has 0 bridgehead atoms. The quantitative estimate of drug-likeness (QED) is 0.724. The lowest BCUT2D eigenvalue weighted by Gasteiger charge is -2.37. The Labute approximate surface area is 125 Å². The topological polar surface area (TPSA) is 40.6 Å². The third-order valence-electron chi connectivity index (χ3n) is 4.39. The van der Waals surface area contributed by atoms with Gasteiger partial charge in [0, 0.05) is 25.0 Å². The van der Waals surface area contributed by atoms with Crippen LogP contribution in [0.4, 0.5) is 0 Å². The first-order valence-electron chi connectivity index (χ1n) is 7.22. The molecule has 0 N–H and O–H groups in total. The molecule has 0 spiro atoms. The molecule has 6 heteroatoms. The highest BCUT2D eigenvalue weighted by Gasteiger charge is 2.28. The summed E-state index contributed by atoms with van der Waals surface area (Å²) in [6.07, 6.45) is 6.05. The average Bonchev–Trinajstić information content (AvgIpc) is 2.39. The molecule has 1 atom stereocenters. The lowest BCUT2D eigenvalue weighted by atomic mass is 9.95. The van der Waals surface area contributed by atoms with Gasteiger partial charge in [0.25, 0.3) is 0 Å². The van der Waals surface area contributed by atoms with Gasteiger partial charge in [0.1, 0.15) is 0 Å². The summed E-state index contributed by atoms with van der Waals surface area (Å²) in [5.41, 5.74) is 0. The summed E-state index contributed by atoms with van der Waals surface area (Å²) in [6, 6.07) is 0. The molecule has 2 fully saturated rings. The molecule has 0 radical (unpaired) electrons. The summed E-state index contributed by atoms with van der Waals surface area (Å²) in [4.78, 5) is 2.52. The van der Waals surface area contributed by atoms with Crippen LogP contribution in [0.2, 0.25) is 0 Å². The Morgan fingerprint density at radius 1 is 1.11 bits per heavy atom. The highest BCUT2D eigenvalue weighted by Crippen LogP contribution is 2.23. The second-order valence-electron chi connectivity index (χ2n) is 6.03. The van der Waals surface area contributed by atoms with Crippen molar-refractivity contribution in [2.45, 2.75) is 25.7 Å². The average molecular weight is 353 g/mol. The summed E-state index contributed by atoms with van der Waals surface area (Å²) in [5, 5.41) is 1.12. The SMILES string of the molecule is CS(=O)(=O)N1CCCC(CN2CCC(CBr)CC2)C1. The fraction of sp³-hybridized carbons (Fsp3) is 1.00. The minimum absolute atomic E-state index is 0.518. The molecule has 0 aromatic heterocycles. The van der Waals surface area contributed by atoms with Crippen LogP contribution in [0.1, 0.15) is 25.7 Å². The number of hydrogen-bond donors (Lipinski definition) is 0. The number of sulfonamides is 1. The van der Waals surface area contributed by atoms with Gasteiger partial charge in [0.2, 0.25) is 10.0 Å². The molecular weight excluding hydrogens is 328 g/mol. The zero-order chi connectivity index (χ0) is 13.9. The normalized spacial score (nSPS) is 28.6. The summed E-state index contributed by atoms with van der Waals surface area (Å²) in [5.74, 6) is 1.35. The second kappa shape index (κ2) is 6.87. The van der Waals surface area contributed by atoms with Gasteiger partial charge in [-0.2, -0.15) is 0 Å². The Bertz CT molecular complexity index is 380. The van der Waals surface area contributed by atoms with Crippen molar-refractivity contribution in [2.24, 2.45) is 11.8 Å². The van der Waals surface area contributed by atoms with Gasteiger partial charge in [0.05, 0.1) is 6.26 Å². The number of rotatable bonds is 4. The van der Waals surface area contributed by atoms with Crippen LogP contribution < -0.4 is 0 Å². The van der Waals surface area contributed by atoms with Gasteiger partial charge < -0.3 is 4.90 Å². The van der Waals surface area contributed by atoms with E-state index < -0.39 is 10.0 Å². The molecule has 0 aliphatic carbocycles. The van der Waals surface area contributed by atoms with Crippen LogP contribution >= 0.6 is 15.9 Å². The first-order chi connectivity index (χ1) is 8.99. The maximum atomic E-state index is 11.6. The Morgan fingerprint density at radius 2 is 1.79 bits per heavy atom. The van der Waals surface area contributed by atoms with E-state index in [4.69, 9.17) is 0 Å². The van der Waals surface area contributed by atoms with Crippen molar-refractivity contribution >= 4 is 26.0 Å². The number of alkyl halides is 1. The van der Waals surface area contributed by atoms with Crippen molar-refractivity contribution in [3.05, 3.63) is 0 Å². The third kappa shape index (κ3) is 4.69. The van der Waals surface area contributed by atoms with Gasteiger partial charge in [-0.1, -0.05) is 15.9 Å². The van der Waals surface area contributed by atoms with E-state index in [0.29, 0.717) is 12.5 Å². The van der Waals surface area contributed by atoms with Crippen molar-refractivity contribution in [1.29, 1.82) is 0 Å². The lowest BCUT2D eigenvalue weighted by Crippen LogP contribution is -2.45. The standard InChI is InChI=1S/C13H25BrN2O2S/c1-19(17,18)16-6-2-3-13(11-16)10-15-7-4-12(9-14)5-8-15/h12-13H,2-11H2,1H3. The second-order valence-corrected chi connectivity index (χ2v) is 8.66. The van der Waals surface area contributed by atoms with Gasteiger partial charge >= 0.3 is 0 Å². The van der Waals surface area contributed by atoms with Crippen LogP contribution in [0.15, 0.2) is 0 Å². The summed E-state index contributed by atoms with van der Waals surface area (Å²) < 4.78 is 24.9. The van der Waals surface area contributed by atoms with Gasteiger partial charge in [0.15, 0.2) is 0 Å². The maximum Gasteiger partial charge on any atom is 0.211 e. The van der Waals surface area contributed by atoms with Crippen LogP contribution in [0, 0.1) is 11.8 Å². The predicted molar refractivity (Wildman–Crippen MR) is 82.1 cm³/mol. The molecule has 0 aromatic carbocycles. The van der Waals surface area contributed by atoms with Gasteiger partial charge in [-0.05, 0) is 50.6 Å². The van der Waals surface area contributed by atoms with Gasteiger partial charge in [-0.25, -0.2) is 12.7 Å². The van der Waals surface area contributed by atoms with E-state index in [1.54, 1.807) is 4.31 Å². The van der Waals surface area contributed by atoms with Crippen LogP contribution in [-0.2, 0) is 10.0 Å². The van der Waals surface area contributed by atoms with Crippen molar-refractivity contribution in [3.8, 4) is 0 Å². The number of piperidine rings is 2. The van der Waals surface area contributed by atoms with Gasteiger partial charge in [-0.3, -0.25) is 0 Å². The third-order valence-corrected chi connectivity index (χ3v) is 6.58. The number of nitrogens with zero attached hydrogens (tertiary/aromatic N) is 2. The molecule has 0 saturated carbocycles. The molecule has 2 heterocycles. The van der Waals surface area contributed by atoms with E-state index in [1.807, 2.05) is 0 Å². The monoisotopic (exact) mass is 352 g/mol. The van der Waals surface area contributed by atoms with E-state index in [2.05, 4.69) is 20.8 Å². The van der Waals surface area contributed by atoms with E-state index in [1.165, 1.54) is 38.6 Å². The van der Waals surface area contributed by atoms with Crippen LogP contribution in [0.5, 0.6) is 0 Å². The molecular formula is C13H25BrN2O2S. The first kappa shape index (κ1) is 15.7. The summed E-state index contributed by atoms with van der Waals surface area (Å²) in [7, 11) is -3.00. The van der Waals surface area contributed by atoms with Crippen LogP contribution in [-0.4, -0.2) is 61.9 Å². The molecule has 2 saturated heterocycles. The Hall–Kier alpha value is 0.350. The van der Waals surface area contributed by atoms with Crippen molar-refractivity contribution in [3.63, 3.8) is 0 Å². The summed E-state index contributed by atoms with van der Waals surface area (Å²) in [6.45, 7) is 4.84. The number of hydrogen-bond acceptors (Lipinski definition) is 3. The maximum absolute atomic E-state index is 11.6. The predicted octanol–water partition coefficient (Wildman–Crippen LogP) is 1.76. The Kier molecular flexibility index (Phi) is 5.69. The van der Waals surface area contributed by atoms with Crippen molar-refractivity contribution < 1.29 is 8.42 Å². The van der Waals surface area contributed by atoms with E-state index >= 15 is 0 Å². The van der Waals surface area contributed by atoms with E-state index in [9.17, 15) is 8.42 Å². The highest BCUT2D eigenvalue weighted by atomic mass is 79.9. The molecule has 0 amide bonds. The minimum atomic E-state index is -3.00. The van der Waals surface area contributed by atoms with Crippen molar-refractivity contribution in [1.82, 2.24) is 9.21 Å². The highest BCUT2D eigenvalue weighted by molar-refractivity contribution is 9.09. The lowest BCUT2D eigenvalue weighted by molar-refractivity contribution is 0.141. The van der Waals surface area contributed by atoms with Gasteiger partial charge in [-0.15, -0.1) is 0 Å². The molecule has 1 unspecified atom stereocenters. The molecule has 0 aromatic rings. The fourth-order valence-electron chi connectivity index (χ4n) is 3.17. The Balaban J connectivity index is 1.80. The molecule has 2 rings (SSSR count). The Morgan fingerprint density at radius 3 is 2.37 bits per heavy atom. The first-order valence-corrected chi connectivity index (χ1v) is 10.2. The number of halogens is 1. The molecule has 4 nitrogen and oxygen atoms in total. The zero-order valence-electron chi connectivity index (χ0n) is 11.7. The number of likely N-dealkylation sites (tertiary alicyclic amines) is 1. The van der Waals surface area contributed by atoms with E-state index in [0.717, 1.165) is 30.8 Å². The summed E-state index contributed by atoms with van der Waals surface area (Å²) >= 11 is 3.57. The smallest absolute Gasteiger partial charge is 0.211 e. The molecule has 112 valence electrons. The molecule has 2 aliphatic rings. The van der Waals surface area contributed by atoms with Crippen molar-refractivity contribution in [2.75, 3.05) is 44.3 Å². The largest absolute Gasteiger partial charge is 0.303 e. The molecule has 2 aliphatic heterocycles. The minimum Gasteiger partial charge on any atom is -0.303 e. The van der Waals surface area contributed by atoms with E-state index in [-0.39, 0.29) is 0 Å². The van der Waals surface area contributed by atoms with Crippen LogP contribution in [0.3, 0.4) is 0 Å². The zero-order valence-corrected chi connectivity index (χ0v) is 14.1. The molecule has 19 heavy (non-hydrogen) atoms.